The summed E-state index contributed by atoms with van der Waals surface area (Å²) >= 11 is 0. The molecule has 5 heteroatoms. The number of carboxylic acids is 1. The number of cyclic esters (lactones) is 2. The van der Waals surface area contributed by atoms with E-state index in [4.69, 9.17) is 5.11 Å². The lowest BCUT2D eigenvalue weighted by Crippen LogP contribution is -1.96. The number of carboxylic acid groups (broad SMARTS) is 1. The summed E-state index contributed by atoms with van der Waals surface area (Å²) in [6.07, 6.45) is 0.833. The first-order chi connectivity index (χ1) is 7.56. The van der Waals surface area contributed by atoms with Crippen molar-refractivity contribution >= 4 is 17.9 Å². The highest BCUT2D eigenvalue weighted by Crippen LogP contribution is 2.18. The van der Waals surface area contributed by atoms with E-state index in [2.05, 4.69) is 11.3 Å². The lowest BCUT2D eigenvalue weighted by molar-refractivity contribution is -0.131. The fraction of sp³-hybridized carbons (Fsp3) is 0. The van der Waals surface area contributed by atoms with Crippen LogP contribution in [0.4, 0.5) is 0 Å². The van der Waals surface area contributed by atoms with Gasteiger partial charge >= 0.3 is 17.9 Å². The van der Waals surface area contributed by atoms with Crippen LogP contribution in [0.25, 0.3) is 0 Å². The molecule has 1 aromatic carbocycles. The van der Waals surface area contributed by atoms with E-state index in [0.717, 1.165) is 6.08 Å². The molecular weight excluding hydrogens is 212 g/mol. The molecule has 1 aliphatic heterocycles. The monoisotopic (exact) mass is 220 g/mol. The van der Waals surface area contributed by atoms with E-state index in [1.54, 1.807) is 24.3 Å². The fourth-order valence-corrected chi connectivity index (χ4v) is 1.03. The van der Waals surface area contributed by atoms with Crippen LogP contribution in [0.3, 0.4) is 0 Å². The van der Waals surface area contributed by atoms with Gasteiger partial charge in [0.2, 0.25) is 0 Å². The van der Waals surface area contributed by atoms with Crippen LogP contribution in [0, 0.1) is 0 Å². The maximum absolute atomic E-state index is 10.8. The second-order valence-corrected chi connectivity index (χ2v) is 2.76. The molecule has 0 fully saturated rings. The SMILES string of the molecule is C=CC(=O)O.O=C1OC(=O)c2ccccc21. The van der Waals surface area contributed by atoms with Gasteiger partial charge in [-0.3, -0.25) is 0 Å². The number of hydrogen-bond donors (Lipinski definition) is 1. The largest absolute Gasteiger partial charge is 0.478 e. The number of hydrogen-bond acceptors (Lipinski definition) is 4. The third kappa shape index (κ3) is 2.54. The molecule has 1 heterocycles. The van der Waals surface area contributed by atoms with Gasteiger partial charge in [0.15, 0.2) is 0 Å². The van der Waals surface area contributed by atoms with E-state index >= 15 is 0 Å². The van der Waals surface area contributed by atoms with Gasteiger partial charge in [-0.25, -0.2) is 14.4 Å². The topological polar surface area (TPSA) is 80.7 Å². The van der Waals surface area contributed by atoms with Gasteiger partial charge in [0.1, 0.15) is 0 Å². The van der Waals surface area contributed by atoms with Crippen molar-refractivity contribution in [3.8, 4) is 0 Å². The molecule has 0 aliphatic carbocycles. The number of benzene rings is 1. The smallest absolute Gasteiger partial charge is 0.346 e. The first-order valence-corrected chi connectivity index (χ1v) is 4.27. The third-order valence-electron chi connectivity index (χ3n) is 1.73. The van der Waals surface area contributed by atoms with E-state index < -0.39 is 17.9 Å². The Morgan fingerprint density at radius 2 is 1.56 bits per heavy atom. The van der Waals surface area contributed by atoms with Gasteiger partial charge in [0, 0.05) is 6.08 Å². The van der Waals surface area contributed by atoms with E-state index in [9.17, 15) is 14.4 Å². The van der Waals surface area contributed by atoms with Crippen molar-refractivity contribution in [2.45, 2.75) is 0 Å². The number of rotatable bonds is 1. The Labute approximate surface area is 91.0 Å². The Morgan fingerprint density at radius 1 is 1.19 bits per heavy atom. The van der Waals surface area contributed by atoms with Crippen LogP contribution in [0.5, 0.6) is 0 Å². The molecule has 82 valence electrons. The van der Waals surface area contributed by atoms with Crippen LogP contribution in [0.1, 0.15) is 20.7 Å². The van der Waals surface area contributed by atoms with Crippen LogP contribution in [0.15, 0.2) is 36.9 Å². The summed E-state index contributed by atoms with van der Waals surface area (Å²) < 4.78 is 4.35. The fourth-order valence-electron chi connectivity index (χ4n) is 1.03. The van der Waals surface area contributed by atoms with Gasteiger partial charge in [0.05, 0.1) is 11.1 Å². The van der Waals surface area contributed by atoms with Crippen molar-refractivity contribution in [1.29, 1.82) is 0 Å². The predicted octanol–water partition coefficient (Wildman–Crippen LogP) is 1.25. The van der Waals surface area contributed by atoms with E-state index in [-0.39, 0.29) is 0 Å². The summed E-state index contributed by atoms with van der Waals surface area (Å²) in [5.41, 5.74) is 0.718. The zero-order chi connectivity index (χ0) is 12.1. The molecule has 0 saturated heterocycles. The highest BCUT2D eigenvalue weighted by Gasteiger charge is 2.28. The van der Waals surface area contributed by atoms with E-state index in [0.29, 0.717) is 11.1 Å². The van der Waals surface area contributed by atoms with Gasteiger partial charge in [-0.05, 0) is 12.1 Å². The van der Waals surface area contributed by atoms with Gasteiger partial charge in [0.25, 0.3) is 0 Å². The third-order valence-corrected chi connectivity index (χ3v) is 1.73. The van der Waals surface area contributed by atoms with Crippen LogP contribution in [-0.4, -0.2) is 23.0 Å². The summed E-state index contributed by atoms with van der Waals surface area (Å²) in [6, 6.07) is 6.53. The molecule has 0 aromatic heterocycles. The first kappa shape index (κ1) is 11.6. The molecule has 2 rings (SSSR count). The number of ether oxygens (including phenoxy) is 1. The molecule has 1 N–H and O–H groups in total. The van der Waals surface area contributed by atoms with Crippen LogP contribution >= 0.6 is 0 Å². The number of fused-ring (bicyclic) bond motifs is 1. The number of carbonyl (C=O) groups excluding carboxylic acids is 2. The molecule has 0 spiro atoms. The molecule has 0 radical (unpaired) electrons. The van der Waals surface area contributed by atoms with Gasteiger partial charge in [-0.15, -0.1) is 0 Å². The second kappa shape index (κ2) is 4.88. The van der Waals surface area contributed by atoms with Crippen molar-refractivity contribution in [3.05, 3.63) is 48.0 Å². The molecule has 0 unspecified atom stereocenters. The van der Waals surface area contributed by atoms with Crippen LogP contribution in [0.2, 0.25) is 0 Å². The lowest BCUT2D eigenvalue weighted by atomic mass is 10.1. The lowest BCUT2D eigenvalue weighted by Gasteiger charge is -1.86. The summed E-state index contributed by atoms with van der Waals surface area (Å²) in [5.74, 6) is -2.08. The number of aliphatic carboxylic acids is 1. The first-order valence-electron chi connectivity index (χ1n) is 4.27. The molecular formula is C11H8O5. The van der Waals surface area contributed by atoms with Gasteiger partial charge in [-0.2, -0.15) is 0 Å². The van der Waals surface area contributed by atoms with Crippen molar-refractivity contribution in [3.63, 3.8) is 0 Å². The summed E-state index contributed by atoms with van der Waals surface area (Å²) in [6.45, 7) is 2.96. The molecule has 1 aromatic rings. The number of carbonyl (C=O) groups is 3. The van der Waals surface area contributed by atoms with Crippen LogP contribution in [-0.2, 0) is 9.53 Å². The molecule has 0 amide bonds. The van der Waals surface area contributed by atoms with Gasteiger partial charge in [-0.1, -0.05) is 18.7 Å². The maximum Gasteiger partial charge on any atom is 0.346 e. The van der Waals surface area contributed by atoms with Gasteiger partial charge < -0.3 is 9.84 Å². The summed E-state index contributed by atoms with van der Waals surface area (Å²) in [7, 11) is 0. The quantitative estimate of drug-likeness (QED) is 0.437. The zero-order valence-electron chi connectivity index (χ0n) is 8.17. The zero-order valence-corrected chi connectivity index (χ0v) is 8.17. The normalized spacial score (nSPS) is 12.0. The van der Waals surface area contributed by atoms with Crippen molar-refractivity contribution in [2.75, 3.05) is 0 Å². The molecule has 0 saturated carbocycles. The van der Waals surface area contributed by atoms with E-state index in [1.807, 2.05) is 0 Å². The standard InChI is InChI=1S/C8H4O3.C3H4O2/c9-7-5-3-1-2-4-6(5)8(10)11-7;1-2-3(4)5/h1-4H;2H,1H2,(H,4,5). The summed E-state index contributed by atoms with van der Waals surface area (Å²) in [5, 5.41) is 7.60. The minimum absolute atomic E-state index is 0.359. The Bertz CT molecular complexity index is 428. The number of esters is 2. The highest BCUT2D eigenvalue weighted by molar-refractivity contribution is 6.14. The molecule has 0 bridgehead atoms. The average molecular weight is 220 g/mol. The molecule has 0 atom stereocenters. The summed E-state index contributed by atoms with van der Waals surface area (Å²) in [4.78, 5) is 30.9. The average Bonchev–Trinajstić information content (AvgIpc) is 2.56. The van der Waals surface area contributed by atoms with Crippen molar-refractivity contribution < 1.29 is 24.2 Å². The minimum Gasteiger partial charge on any atom is -0.478 e. The second-order valence-electron chi connectivity index (χ2n) is 2.76. The Hall–Kier alpha value is -2.43. The van der Waals surface area contributed by atoms with E-state index in [1.165, 1.54) is 0 Å². The molecule has 1 aliphatic rings. The Kier molecular flexibility index (Phi) is 3.55. The Morgan fingerprint density at radius 3 is 1.88 bits per heavy atom. The minimum atomic E-state index is -0.981. The maximum atomic E-state index is 10.8. The molecule has 5 nitrogen and oxygen atoms in total. The van der Waals surface area contributed by atoms with Crippen molar-refractivity contribution in [1.82, 2.24) is 0 Å². The Balaban J connectivity index is 0.000000221. The highest BCUT2D eigenvalue weighted by atomic mass is 16.6. The van der Waals surface area contributed by atoms with Crippen molar-refractivity contribution in [2.24, 2.45) is 0 Å². The predicted molar refractivity (Wildman–Crippen MR) is 54.0 cm³/mol. The van der Waals surface area contributed by atoms with Crippen LogP contribution < -0.4 is 0 Å². The molecule has 16 heavy (non-hydrogen) atoms.